The van der Waals surface area contributed by atoms with Crippen molar-refractivity contribution in [2.24, 2.45) is 5.92 Å². The lowest BCUT2D eigenvalue weighted by Gasteiger charge is -2.21. The average molecular weight is 296 g/mol. The van der Waals surface area contributed by atoms with Crippen LogP contribution in [0.5, 0.6) is 0 Å². The number of anilines is 1. The average Bonchev–Trinajstić information content (AvgIpc) is 3.09. The fourth-order valence-electron chi connectivity index (χ4n) is 2.03. The molecule has 0 aromatic carbocycles. The molecule has 1 saturated carbocycles. The van der Waals surface area contributed by atoms with Crippen LogP contribution in [0.25, 0.3) is 0 Å². The third-order valence-corrected chi connectivity index (χ3v) is 2.96. The number of hydrogen-bond donors (Lipinski definition) is 2. The Morgan fingerprint density at radius 1 is 1.38 bits per heavy atom. The molecule has 2 N–H and O–H groups in total. The molecule has 1 aliphatic carbocycles. The fourth-order valence-corrected chi connectivity index (χ4v) is 2.03. The zero-order chi connectivity index (χ0) is 15.4. The van der Waals surface area contributed by atoms with Crippen molar-refractivity contribution in [3.8, 4) is 0 Å². The van der Waals surface area contributed by atoms with Gasteiger partial charge in [0.15, 0.2) is 0 Å². The van der Waals surface area contributed by atoms with Crippen molar-refractivity contribution < 1.29 is 19.1 Å². The van der Waals surface area contributed by atoms with Crippen LogP contribution in [0.2, 0.25) is 0 Å². The number of carboxylic acid groups (broad SMARTS) is 1. The number of nitrogens with one attached hydrogen (secondary N) is 1. The maximum atomic E-state index is 11.9. The molecule has 0 aliphatic heterocycles. The minimum atomic E-state index is -0.961. The van der Waals surface area contributed by atoms with Crippen LogP contribution in [0.3, 0.4) is 0 Å². The van der Waals surface area contributed by atoms with Gasteiger partial charge in [-0.2, -0.15) is 0 Å². The SMILES string of the molecule is CC(C)CN(CC(=O)O)CC(=O)Nc1nnc(C2CC2)o1. The van der Waals surface area contributed by atoms with Crippen molar-refractivity contribution in [3.05, 3.63) is 5.89 Å². The lowest BCUT2D eigenvalue weighted by Crippen LogP contribution is -2.39. The second-order valence-electron chi connectivity index (χ2n) is 5.73. The molecule has 0 bridgehead atoms. The molecule has 0 atom stereocenters. The van der Waals surface area contributed by atoms with Gasteiger partial charge in [-0.1, -0.05) is 18.9 Å². The molecule has 1 aromatic rings. The van der Waals surface area contributed by atoms with Gasteiger partial charge in [-0.05, 0) is 18.8 Å². The summed E-state index contributed by atoms with van der Waals surface area (Å²) in [5.41, 5.74) is 0. The Morgan fingerprint density at radius 2 is 2.10 bits per heavy atom. The van der Waals surface area contributed by atoms with Gasteiger partial charge in [0, 0.05) is 12.5 Å². The number of aromatic nitrogens is 2. The molecule has 8 heteroatoms. The molecule has 1 amide bonds. The van der Waals surface area contributed by atoms with Crippen LogP contribution < -0.4 is 5.32 Å². The first-order valence-electron chi connectivity index (χ1n) is 7.01. The number of nitrogens with zero attached hydrogens (tertiary/aromatic N) is 3. The molecule has 0 saturated heterocycles. The smallest absolute Gasteiger partial charge is 0.322 e. The highest BCUT2D eigenvalue weighted by atomic mass is 16.4. The van der Waals surface area contributed by atoms with E-state index in [1.165, 1.54) is 0 Å². The number of amides is 1. The Morgan fingerprint density at radius 3 is 2.67 bits per heavy atom. The molecule has 1 aliphatic rings. The van der Waals surface area contributed by atoms with Crippen molar-refractivity contribution >= 4 is 17.9 Å². The standard InChI is InChI=1S/C13H20N4O4/c1-8(2)5-17(7-11(19)20)6-10(18)14-13-16-15-12(21-13)9-3-4-9/h8-9H,3-7H2,1-2H3,(H,19,20)(H,14,16,18). The Balaban J connectivity index is 1.86. The maximum Gasteiger partial charge on any atom is 0.322 e. The minimum Gasteiger partial charge on any atom is -0.480 e. The van der Waals surface area contributed by atoms with Gasteiger partial charge in [-0.3, -0.25) is 19.8 Å². The fraction of sp³-hybridized carbons (Fsp3) is 0.692. The zero-order valence-electron chi connectivity index (χ0n) is 12.2. The monoisotopic (exact) mass is 296 g/mol. The molecule has 21 heavy (non-hydrogen) atoms. The first-order chi connectivity index (χ1) is 9.94. The molecule has 1 aromatic heterocycles. The van der Waals surface area contributed by atoms with Gasteiger partial charge >= 0.3 is 12.0 Å². The van der Waals surface area contributed by atoms with Gasteiger partial charge in [0.2, 0.25) is 11.8 Å². The second-order valence-corrected chi connectivity index (χ2v) is 5.73. The summed E-state index contributed by atoms with van der Waals surface area (Å²) in [5.74, 6) is -0.176. The third-order valence-electron chi connectivity index (χ3n) is 2.96. The largest absolute Gasteiger partial charge is 0.480 e. The Kier molecular flexibility index (Phi) is 4.89. The lowest BCUT2D eigenvalue weighted by molar-refractivity contribution is -0.138. The van der Waals surface area contributed by atoms with E-state index in [0.29, 0.717) is 18.4 Å². The molecular formula is C13H20N4O4. The van der Waals surface area contributed by atoms with Crippen molar-refractivity contribution in [2.75, 3.05) is 25.0 Å². The summed E-state index contributed by atoms with van der Waals surface area (Å²) in [6, 6.07) is 0.0710. The van der Waals surface area contributed by atoms with E-state index >= 15 is 0 Å². The quantitative estimate of drug-likeness (QED) is 0.734. The van der Waals surface area contributed by atoms with Crippen molar-refractivity contribution in [3.63, 3.8) is 0 Å². The predicted octanol–water partition coefficient (Wildman–Crippen LogP) is 0.928. The van der Waals surface area contributed by atoms with Crippen LogP contribution in [0, 0.1) is 5.92 Å². The van der Waals surface area contributed by atoms with Gasteiger partial charge in [-0.15, -0.1) is 5.10 Å². The van der Waals surface area contributed by atoms with Gasteiger partial charge < -0.3 is 9.52 Å². The first kappa shape index (κ1) is 15.4. The van der Waals surface area contributed by atoms with Gasteiger partial charge in [0.05, 0.1) is 13.1 Å². The van der Waals surface area contributed by atoms with Crippen molar-refractivity contribution in [2.45, 2.75) is 32.6 Å². The maximum absolute atomic E-state index is 11.9. The van der Waals surface area contributed by atoms with Crippen LogP contribution >= 0.6 is 0 Å². The summed E-state index contributed by atoms with van der Waals surface area (Å²) in [6.07, 6.45) is 2.08. The molecule has 0 radical (unpaired) electrons. The van der Waals surface area contributed by atoms with Crippen LogP contribution in [0.15, 0.2) is 4.42 Å². The van der Waals surface area contributed by atoms with E-state index in [-0.39, 0.29) is 30.9 Å². The Bertz CT molecular complexity index is 510. The van der Waals surface area contributed by atoms with Gasteiger partial charge in [0.1, 0.15) is 0 Å². The van der Waals surface area contributed by atoms with E-state index in [1.807, 2.05) is 13.8 Å². The minimum absolute atomic E-state index is 0.0222. The van der Waals surface area contributed by atoms with E-state index in [1.54, 1.807) is 4.90 Å². The van der Waals surface area contributed by atoms with Crippen LogP contribution in [0.4, 0.5) is 6.01 Å². The summed E-state index contributed by atoms with van der Waals surface area (Å²) in [6.45, 7) is 4.25. The van der Waals surface area contributed by atoms with Gasteiger partial charge in [-0.25, -0.2) is 0 Å². The predicted molar refractivity (Wildman–Crippen MR) is 73.8 cm³/mol. The van der Waals surface area contributed by atoms with E-state index in [4.69, 9.17) is 9.52 Å². The molecule has 8 nitrogen and oxygen atoms in total. The van der Waals surface area contributed by atoms with Crippen LogP contribution in [0.1, 0.15) is 38.5 Å². The summed E-state index contributed by atoms with van der Waals surface area (Å²) in [7, 11) is 0. The highest BCUT2D eigenvalue weighted by Gasteiger charge is 2.29. The van der Waals surface area contributed by atoms with Crippen LogP contribution in [-0.2, 0) is 9.59 Å². The topological polar surface area (TPSA) is 109 Å². The molecule has 0 spiro atoms. The number of hydrogen-bond acceptors (Lipinski definition) is 6. The number of carboxylic acids is 1. The molecule has 1 fully saturated rings. The molecule has 2 rings (SSSR count). The highest BCUT2D eigenvalue weighted by Crippen LogP contribution is 2.39. The molecule has 116 valence electrons. The van der Waals surface area contributed by atoms with E-state index in [9.17, 15) is 9.59 Å². The Hall–Kier alpha value is -1.96. The molecule has 0 unspecified atom stereocenters. The summed E-state index contributed by atoms with van der Waals surface area (Å²) in [4.78, 5) is 24.3. The number of carbonyl (C=O) groups is 2. The van der Waals surface area contributed by atoms with E-state index in [0.717, 1.165) is 12.8 Å². The first-order valence-corrected chi connectivity index (χ1v) is 7.01. The summed E-state index contributed by atoms with van der Waals surface area (Å²) in [5, 5.41) is 19.0. The Labute approximate surface area is 122 Å². The lowest BCUT2D eigenvalue weighted by atomic mass is 10.2. The number of carbonyl (C=O) groups excluding carboxylic acids is 1. The third kappa shape index (κ3) is 5.14. The second kappa shape index (κ2) is 6.66. The zero-order valence-corrected chi connectivity index (χ0v) is 12.2. The normalized spacial score (nSPS) is 14.7. The van der Waals surface area contributed by atoms with E-state index in [2.05, 4.69) is 15.5 Å². The molecule has 1 heterocycles. The number of rotatable bonds is 8. The summed E-state index contributed by atoms with van der Waals surface area (Å²) >= 11 is 0. The molecular weight excluding hydrogens is 276 g/mol. The van der Waals surface area contributed by atoms with Gasteiger partial charge in [0.25, 0.3) is 0 Å². The summed E-state index contributed by atoms with van der Waals surface area (Å²) < 4.78 is 5.33. The van der Waals surface area contributed by atoms with Crippen LogP contribution in [-0.4, -0.2) is 51.7 Å². The van der Waals surface area contributed by atoms with Crippen molar-refractivity contribution in [1.82, 2.24) is 15.1 Å². The van der Waals surface area contributed by atoms with E-state index < -0.39 is 5.97 Å². The van der Waals surface area contributed by atoms with Crippen molar-refractivity contribution in [1.29, 1.82) is 0 Å². The number of aliphatic carboxylic acids is 1. The highest BCUT2D eigenvalue weighted by molar-refractivity contribution is 5.90.